The smallest absolute Gasteiger partial charge is 0.270 e. The molecule has 11 heteroatoms. The van der Waals surface area contributed by atoms with E-state index in [-0.39, 0.29) is 22.0 Å². The Morgan fingerprint density at radius 1 is 1.09 bits per heavy atom. The molecule has 0 spiro atoms. The van der Waals surface area contributed by atoms with Crippen molar-refractivity contribution in [2.45, 2.75) is 11.8 Å². The van der Waals surface area contributed by atoms with E-state index in [4.69, 9.17) is 10.5 Å². The number of anilines is 3. The Morgan fingerprint density at radius 3 is 2.44 bits per heavy atom. The molecule has 32 heavy (non-hydrogen) atoms. The maximum atomic E-state index is 13.0. The van der Waals surface area contributed by atoms with E-state index in [9.17, 15) is 18.5 Å². The third-order valence-corrected chi connectivity index (χ3v) is 5.88. The molecular weight excluding hydrogens is 434 g/mol. The molecule has 0 saturated carbocycles. The van der Waals surface area contributed by atoms with Gasteiger partial charge in [-0.2, -0.15) is 5.10 Å². The van der Waals surface area contributed by atoms with Gasteiger partial charge in [-0.05, 0) is 55.0 Å². The van der Waals surface area contributed by atoms with Crippen molar-refractivity contribution in [1.82, 2.24) is 0 Å². The van der Waals surface area contributed by atoms with Crippen molar-refractivity contribution in [1.29, 1.82) is 0 Å². The lowest BCUT2D eigenvalue weighted by molar-refractivity contribution is -0.385. The first kappa shape index (κ1) is 22.6. The molecule has 0 heterocycles. The fraction of sp³-hybridized carbons (Fsp3) is 0.0952. The van der Waals surface area contributed by atoms with E-state index in [1.54, 1.807) is 43.3 Å². The Balaban J connectivity index is 1.96. The van der Waals surface area contributed by atoms with Crippen LogP contribution in [0.25, 0.3) is 0 Å². The summed E-state index contributed by atoms with van der Waals surface area (Å²) in [4.78, 5) is 10.2. The maximum Gasteiger partial charge on any atom is 0.270 e. The van der Waals surface area contributed by atoms with E-state index >= 15 is 0 Å². The summed E-state index contributed by atoms with van der Waals surface area (Å²) in [6, 6.07) is 16.7. The van der Waals surface area contributed by atoms with Crippen LogP contribution in [-0.2, 0) is 10.0 Å². The zero-order chi connectivity index (χ0) is 23.3. The molecule has 0 unspecified atom stereocenters. The number of non-ortho nitro benzene ring substituents is 1. The summed E-state index contributed by atoms with van der Waals surface area (Å²) < 4.78 is 33.5. The first-order chi connectivity index (χ1) is 15.2. The summed E-state index contributed by atoms with van der Waals surface area (Å²) in [5.41, 5.74) is 10.3. The lowest BCUT2D eigenvalue weighted by atomic mass is 10.1. The number of ether oxygens (including phenoxy) is 1. The summed E-state index contributed by atoms with van der Waals surface area (Å²) in [5, 5.41) is 15.4. The molecule has 0 fully saturated rings. The van der Waals surface area contributed by atoms with Crippen LogP contribution < -0.4 is 20.6 Å². The largest absolute Gasteiger partial charge is 0.497 e. The van der Waals surface area contributed by atoms with Crippen molar-refractivity contribution in [3.8, 4) is 5.75 Å². The number of methoxy groups -OCH3 is 1. The van der Waals surface area contributed by atoms with Gasteiger partial charge in [0.2, 0.25) is 0 Å². The van der Waals surface area contributed by atoms with Crippen molar-refractivity contribution >= 4 is 38.5 Å². The predicted octanol–water partition coefficient (Wildman–Crippen LogP) is 3.82. The van der Waals surface area contributed by atoms with Gasteiger partial charge in [0.15, 0.2) is 0 Å². The van der Waals surface area contributed by atoms with Crippen LogP contribution in [0.4, 0.5) is 22.7 Å². The van der Waals surface area contributed by atoms with Gasteiger partial charge < -0.3 is 10.5 Å². The Kier molecular flexibility index (Phi) is 6.59. The number of nitro groups is 1. The minimum atomic E-state index is -4.19. The minimum absolute atomic E-state index is 0.0693. The number of hydrogen-bond acceptors (Lipinski definition) is 8. The number of hydrogen-bond donors (Lipinski definition) is 3. The number of hydrazone groups is 1. The molecule has 0 aromatic heterocycles. The van der Waals surface area contributed by atoms with E-state index in [2.05, 4.69) is 15.2 Å². The maximum absolute atomic E-state index is 13.0. The Hall–Kier alpha value is -4.12. The highest BCUT2D eigenvalue weighted by Crippen LogP contribution is 2.29. The lowest BCUT2D eigenvalue weighted by Crippen LogP contribution is -2.15. The van der Waals surface area contributed by atoms with E-state index in [1.165, 1.54) is 31.4 Å². The standard InChI is InChI=1S/C21H21N5O5S/c1-14(15-4-3-5-16(22)12-15)23-24-20-11-8-18(26(27)28)13-21(20)32(29,30)25-17-6-9-19(31-2)10-7-17/h3-13,24-25H,22H2,1-2H3/b23-14+. The Bertz CT molecular complexity index is 1270. The number of nitro benzene ring substituents is 1. The zero-order valence-electron chi connectivity index (χ0n) is 17.3. The molecule has 0 saturated heterocycles. The molecule has 0 atom stereocenters. The van der Waals surface area contributed by atoms with Crippen LogP contribution in [0.15, 0.2) is 76.7 Å². The monoisotopic (exact) mass is 455 g/mol. The van der Waals surface area contributed by atoms with Crippen molar-refractivity contribution < 1.29 is 18.1 Å². The lowest BCUT2D eigenvalue weighted by Gasteiger charge is -2.13. The minimum Gasteiger partial charge on any atom is -0.497 e. The van der Waals surface area contributed by atoms with Gasteiger partial charge in [-0.25, -0.2) is 8.42 Å². The molecule has 3 aromatic carbocycles. The second kappa shape index (κ2) is 9.35. The molecular formula is C21H21N5O5S. The number of nitrogens with two attached hydrogens (primary N) is 1. The second-order valence-corrected chi connectivity index (χ2v) is 8.36. The summed E-state index contributed by atoms with van der Waals surface area (Å²) in [5.74, 6) is 0.553. The molecule has 0 aliphatic carbocycles. The van der Waals surface area contributed by atoms with Gasteiger partial charge in [0, 0.05) is 23.5 Å². The third kappa shape index (κ3) is 5.32. The fourth-order valence-corrected chi connectivity index (χ4v) is 4.02. The molecule has 0 radical (unpaired) electrons. The number of nitrogen functional groups attached to an aromatic ring is 1. The van der Waals surface area contributed by atoms with Crippen LogP contribution >= 0.6 is 0 Å². The average Bonchev–Trinajstić information content (AvgIpc) is 2.77. The molecule has 0 aliphatic heterocycles. The number of nitrogens with zero attached hydrogens (tertiary/aromatic N) is 2. The van der Waals surface area contributed by atoms with Crippen LogP contribution in [0.3, 0.4) is 0 Å². The van der Waals surface area contributed by atoms with Gasteiger partial charge in [0.1, 0.15) is 10.6 Å². The molecule has 0 bridgehead atoms. The molecule has 0 amide bonds. The van der Waals surface area contributed by atoms with Crippen LogP contribution in [-0.4, -0.2) is 26.2 Å². The van der Waals surface area contributed by atoms with Crippen LogP contribution in [0.2, 0.25) is 0 Å². The molecule has 4 N–H and O–H groups in total. The number of sulfonamides is 1. The molecule has 3 rings (SSSR count). The van der Waals surface area contributed by atoms with Crippen LogP contribution in [0, 0.1) is 10.1 Å². The van der Waals surface area contributed by atoms with Crippen LogP contribution in [0.5, 0.6) is 5.75 Å². The second-order valence-electron chi connectivity index (χ2n) is 6.71. The van der Waals surface area contributed by atoms with E-state index in [1.807, 2.05) is 0 Å². The summed E-state index contributed by atoms with van der Waals surface area (Å²) >= 11 is 0. The summed E-state index contributed by atoms with van der Waals surface area (Å²) in [7, 11) is -2.69. The summed E-state index contributed by atoms with van der Waals surface area (Å²) in [6.07, 6.45) is 0. The third-order valence-electron chi connectivity index (χ3n) is 4.46. The molecule has 10 nitrogen and oxygen atoms in total. The van der Waals surface area contributed by atoms with Crippen molar-refractivity contribution in [2.24, 2.45) is 5.10 Å². The first-order valence-electron chi connectivity index (χ1n) is 9.31. The highest BCUT2D eigenvalue weighted by atomic mass is 32.2. The number of benzene rings is 3. The van der Waals surface area contributed by atoms with Gasteiger partial charge in [0.25, 0.3) is 15.7 Å². The number of nitrogens with one attached hydrogen (secondary N) is 2. The molecule has 3 aromatic rings. The Morgan fingerprint density at radius 2 is 1.81 bits per heavy atom. The van der Waals surface area contributed by atoms with E-state index in [0.29, 0.717) is 17.1 Å². The topological polar surface area (TPSA) is 149 Å². The Labute approximate surface area is 184 Å². The van der Waals surface area contributed by atoms with Gasteiger partial charge in [0.05, 0.1) is 23.4 Å². The fourth-order valence-electron chi connectivity index (χ4n) is 2.78. The van der Waals surface area contributed by atoms with Gasteiger partial charge in [-0.3, -0.25) is 20.3 Å². The van der Waals surface area contributed by atoms with Gasteiger partial charge in [-0.1, -0.05) is 12.1 Å². The van der Waals surface area contributed by atoms with E-state index in [0.717, 1.165) is 11.6 Å². The highest BCUT2D eigenvalue weighted by molar-refractivity contribution is 7.92. The van der Waals surface area contributed by atoms with Crippen molar-refractivity contribution in [3.63, 3.8) is 0 Å². The summed E-state index contributed by atoms with van der Waals surface area (Å²) in [6.45, 7) is 1.72. The van der Waals surface area contributed by atoms with E-state index < -0.39 is 14.9 Å². The van der Waals surface area contributed by atoms with Crippen LogP contribution in [0.1, 0.15) is 12.5 Å². The van der Waals surface area contributed by atoms with Crippen molar-refractivity contribution in [3.05, 3.63) is 82.4 Å². The quantitative estimate of drug-likeness (QED) is 0.202. The first-order valence-corrected chi connectivity index (χ1v) is 10.8. The number of rotatable bonds is 8. The van der Waals surface area contributed by atoms with Crippen molar-refractivity contribution in [2.75, 3.05) is 23.0 Å². The normalized spacial score (nSPS) is 11.6. The molecule has 166 valence electrons. The molecule has 0 aliphatic rings. The highest BCUT2D eigenvalue weighted by Gasteiger charge is 2.23. The zero-order valence-corrected chi connectivity index (χ0v) is 18.1. The average molecular weight is 455 g/mol. The van der Waals surface area contributed by atoms with Gasteiger partial charge >= 0.3 is 0 Å². The van der Waals surface area contributed by atoms with Gasteiger partial charge in [-0.15, -0.1) is 0 Å². The SMILES string of the molecule is COc1ccc(NS(=O)(=O)c2cc([N+](=O)[O-])ccc2N/N=C(\C)c2cccc(N)c2)cc1. The predicted molar refractivity (Wildman–Crippen MR) is 124 cm³/mol.